The Kier molecular flexibility index (Phi) is 4.50. The molecule has 2 nitrogen and oxygen atoms in total. The van der Waals surface area contributed by atoms with Crippen molar-refractivity contribution in [3.63, 3.8) is 0 Å². The fourth-order valence-corrected chi connectivity index (χ4v) is 5.98. The summed E-state index contributed by atoms with van der Waals surface area (Å²) in [5, 5.41) is 2.70. The van der Waals surface area contributed by atoms with Crippen molar-refractivity contribution in [1.82, 2.24) is 4.57 Å². The molecule has 0 aliphatic carbocycles. The smallest absolute Gasteiger partial charge is 0.118 e. The topological polar surface area (TPSA) is 14.2 Å². The number of benzene rings is 4. The molecule has 0 spiro atoms. The second-order valence-corrected chi connectivity index (χ2v) is 9.08. The predicted molar refractivity (Wildman–Crippen MR) is 132 cm³/mol. The molecule has 0 saturated heterocycles. The minimum Gasteiger partial charge on any atom is -0.497 e. The lowest BCUT2D eigenvalue weighted by Gasteiger charge is -2.16. The van der Waals surface area contributed by atoms with Crippen LogP contribution in [-0.2, 0) is 18.1 Å². The first-order valence-corrected chi connectivity index (χ1v) is 11.8. The zero-order valence-corrected chi connectivity index (χ0v) is 18.3. The average molecular weight is 422 g/mol. The van der Waals surface area contributed by atoms with Crippen LogP contribution in [0, 0.1) is 0 Å². The van der Waals surface area contributed by atoms with Crippen LogP contribution in [0.3, 0.4) is 0 Å². The van der Waals surface area contributed by atoms with E-state index < -0.39 is 0 Å². The van der Waals surface area contributed by atoms with Gasteiger partial charge in [0.1, 0.15) is 5.75 Å². The number of methoxy groups -OCH3 is 1. The molecule has 0 bridgehead atoms. The van der Waals surface area contributed by atoms with Crippen LogP contribution in [0.2, 0.25) is 0 Å². The maximum absolute atomic E-state index is 5.43. The molecule has 3 heteroatoms. The molecule has 1 aromatic heterocycles. The van der Waals surface area contributed by atoms with Crippen LogP contribution in [0.25, 0.3) is 32.9 Å². The first-order valence-electron chi connectivity index (χ1n) is 10.7. The van der Waals surface area contributed by atoms with Gasteiger partial charge in [-0.25, -0.2) is 0 Å². The Morgan fingerprint density at radius 2 is 1.61 bits per heavy atom. The molecule has 1 aliphatic rings. The number of thioether (sulfide) groups is 1. The summed E-state index contributed by atoms with van der Waals surface area (Å²) in [6, 6.07) is 30.6. The molecular weight excluding hydrogens is 398 g/mol. The van der Waals surface area contributed by atoms with Gasteiger partial charge in [-0.05, 0) is 46.5 Å². The Bertz CT molecular complexity index is 1400. The molecule has 5 aromatic rings. The maximum atomic E-state index is 5.43. The number of aromatic nitrogens is 1. The van der Waals surface area contributed by atoms with Gasteiger partial charge < -0.3 is 9.30 Å². The van der Waals surface area contributed by atoms with E-state index in [-0.39, 0.29) is 0 Å². The van der Waals surface area contributed by atoms with Crippen molar-refractivity contribution in [3.8, 4) is 16.9 Å². The molecule has 31 heavy (non-hydrogen) atoms. The van der Waals surface area contributed by atoms with Crippen molar-refractivity contribution in [2.45, 2.75) is 18.1 Å². The summed E-state index contributed by atoms with van der Waals surface area (Å²) in [5.74, 6) is 3.05. The highest BCUT2D eigenvalue weighted by Crippen LogP contribution is 2.45. The summed E-state index contributed by atoms with van der Waals surface area (Å²) in [5.41, 5.74) is 9.57. The quantitative estimate of drug-likeness (QED) is 0.303. The molecule has 152 valence electrons. The largest absolute Gasteiger partial charge is 0.497 e. The molecule has 2 heterocycles. The summed E-state index contributed by atoms with van der Waals surface area (Å²) in [6.07, 6.45) is 0. The van der Waals surface area contributed by atoms with E-state index in [0.717, 1.165) is 23.8 Å². The molecule has 0 amide bonds. The Hall–Kier alpha value is -3.17. The van der Waals surface area contributed by atoms with E-state index in [1.165, 1.54) is 49.6 Å². The van der Waals surface area contributed by atoms with E-state index in [0.29, 0.717) is 0 Å². The SMILES string of the molecule is COc1ccc(-c2c3c(cc4c5ccccc5n(Cc5ccccc5)c24)CSC3)cc1. The van der Waals surface area contributed by atoms with Gasteiger partial charge in [-0.1, -0.05) is 60.7 Å². The second kappa shape index (κ2) is 7.51. The fraction of sp³-hybridized carbons (Fsp3) is 0.143. The lowest BCUT2D eigenvalue weighted by molar-refractivity contribution is 0.415. The molecule has 0 fully saturated rings. The van der Waals surface area contributed by atoms with Gasteiger partial charge >= 0.3 is 0 Å². The van der Waals surface area contributed by atoms with Gasteiger partial charge in [-0.15, -0.1) is 0 Å². The monoisotopic (exact) mass is 421 g/mol. The Labute approximate surface area is 186 Å². The van der Waals surface area contributed by atoms with E-state index in [2.05, 4.69) is 89.5 Å². The zero-order chi connectivity index (χ0) is 20.8. The fourth-order valence-electron chi connectivity index (χ4n) is 4.87. The molecule has 6 rings (SSSR count). The van der Waals surface area contributed by atoms with Gasteiger partial charge in [0, 0.05) is 39.9 Å². The van der Waals surface area contributed by atoms with Crippen LogP contribution in [-0.4, -0.2) is 11.7 Å². The van der Waals surface area contributed by atoms with Gasteiger partial charge in [-0.3, -0.25) is 0 Å². The summed E-state index contributed by atoms with van der Waals surface area (Å²) < 4.78 is 7.94. The molecule has 0 N–H and O–H groups in total. The van der Waals surface area contributed by atoms with Crippen molar-refractivity contribution >= 4 is 33.6 Å². The molecular formula is C28H23NOS. The minimum absolute atomic E-state index is 0.861. The van der Waals surface area contributed by atoms with E-state index in [1.54, 1.807) is 7.11 Å². The number of hydrogen-bond donors (Lipinski definition) is 0. The first kappa shape index (κ1) is 18.6. The highest BCUT2D eigenvalue weighted by molar-refractivity contribution is 7.98. The van der Waals surface area contributed by atoms with Crippen molar-refractivity contribution in [3.05, 3.63) is 102 Å². The van der Waals surface area contributed by atoms with Gasteiger partial charge in [0.2, 0.25) is 0 Å². The summed E-state index contributed by atoms with van der Waals surface area (Å²) >= 11 is 2.01. The summed E-state index contributed by atoms with van der Waals surface area (Å²) in [7, 11) is 1.72. The normalized spacial score (nSPS) is 13.1. The third kappa shape index (κ3) is 3.03. The summed E-state index contributed by atoms with van der Waals surface area (Å²) in [4.78, 5) is 0. The highest BCUT2D eigenvalue weighted by atomic mass is 32.2. The molecule has 0 atom stereocenters. The Morgan fingerprint density at radius 3 is 2.42 bits per heavy atom. The van der Waals surface area contributed by atoms with Crippen LogP contribution in [0.15, 0.2) is 84.9 Å². The first-order chi connectivity index (χ1) is 15.3. The second-order valence-electron chi connectivity index (χ2n) is 8.10. The Morgan fingerprint density at radius 1 is 0.839 bits per heavy atom. The summed E-state index contributed by atoms with van der Waals surface area (Å²) in [6.45, 7) is 0.861. The van der Waals surface area contributed by atoms with Crippen LogP contribution in [0.4, 0.5) is 0 Å². The van der Waals surface area contributed by atoms with Crippen molar-refractivity contribution in [1.29, 1.82) is 0 Å². The van der Waals surface area contributed by atoms with Crippen molar-refractivity contribution < 1.29 is 4.74 Å². The van der Waals surface area contributed by atoms with E-state index in [1.807, 2.05) is 11.8 Å². The number of rotatable bonds is 4. The number of ether oxygens (including phenoxy) is 1. The third-order valence-corrected chi connectivity index (χ3v) is 7.33. The van der Waals surface area contributed by atoms with E-state index in [4.69, 9.17) is 4.74 Å². The van der Waals surface area contributed by atoms with Gasteiger partial charge in [0.25, 0.3) is 0 Å². The number of para-hydroxylation sites is 1. The lowest BCUT2D eigenvalue weighted by Crippen LogP contribution is -2.02. The maximum Gasteiger partial charge on any atom is 0.118 e. The number of fused-ring (bicyclic) bond motifs is 4. The highest BCUT2D eigenvalue weighted by Gasteiger charge is 2.24. The van der Waals surface area contributed by atoms with E-state index >= 15 is 0 Å². The van der Waals surface area contributed by atoms with Crippen LogP contribution < -0.4 is 4.74 Å². The average Bonchev–Trinajstić information content (AvgIpc) is 3.42. The van der Waals surface area contributed by atoms with Crippen LogP contribution in [0.1, 0.15) is 16.7 Å². The standard InChI is InChI=1S/C28H23NOS/c1-30-22-13-11-20(12-14-22)27-25-18-31-17-21(25)15-24-23-9-5-6-10-26(23)29(28(24)27)16-19-7-3-2-4-8-19/h2-15H,16-18H2,1H3. The predicted octanol–water partition coefficient (Wildman–Crippen LogP) is 7.27. The number of hydrogen-bond acceptors (Lipinski definition) is 2. The van der Waals surface area contributed by atoms with E-state index in [9.17, 15) is 0 Å². The van der Waals surface area contributed by atoms with Crippen molar-refractivity contribution in [2.75, 3.05) is 7.11 Å². The molecule has 1 aliphatic heterocycles. The molecule has 4 aromatic carbocycles. The van der Waals surface area contributed by atoms with Crippen molar-refractivity contribution in [2.24, 2.45) is 0 Å². The Balaban J connectivity index is 1.71. The van der Waals surface area contributed by atoms with Gasteiger partial charge in [-0.2, -0.15) is 11.8 Å². The molecule has 0 radical (unpaired) electrons. The minimum atomic E-state index is 0.861. The number of nitrogens with zero attached hydrogens (tertiary/aromatic N) is 1. The lowest BCUT2D eigenvalue weighted by atomic mass is 9.93. The molecule has 0 unspecified atom stereocenters. The van der Waals surface area contributed by atoms with Crippen LogP contribution >= 0.6 is 11.8 Å². The van der Waals surface area contributed by atoms with Gasteiger partial charge in [0.15, 0.2) is 0 Å². The van der Waals surface area contributed by atoms with Crippen LogP contribution in [0.5, 0.6) is 5.75 Å². The molecule has 0 saturated carbocycles. The van der Waals surface area contributed by atoms with Gasteiger partial charge in [0.05, 0.1) is 12.6 Å². The zero-order valence-electron chi connectivity index (χ0n) is 17.5. The third-order valence-electron chi connectivity index (χ3n) is 6.32.